The zero-order valence-electron chi connectivity index (χ0n) is 7.74. The third-order valence-electron chi connectivity index (χ3n) is 1.98. The first kappa shape index (κ1) is 12.2. The van der Waals surface area contributed by atoms with Crippen LogP contribution in [0, 0.1) is 0 Å². The molecule has 0 saturated heterocycles. The number of hydrogen-bond donors (Lipinski definition) is 2. The minimum atomic E-state index is -4.39. The Morgan fingerprint density at radius 3 is 2.13 bits per heavy atom. The fourth-order valence-electron chi connectivity index (χ4n) is 1.25. The first-order chi connectivity index (χ1) is 6.86. The minimum absolute atomic E-state index is 0.0411. The lowest BCUT2D eigenvalue weighted by Gasteiger charge is -2.14. The van der Waals surface area contributed by atoms with Gasteiger partial charge in [0.1, 0.15) is 0 Å². The standard InChI is InChI=1S/C9H10BrF3N2/c10-2-1-5-3-7(14)8(15)4-6(5)9(11,12)13/h3-4H,1-2,14-15H2. The van der Waals surface area contributed by atoms with Gasteiger partial charge in [0.05, 0.1) is 16.9 Å². The zero-order chi connectivity index (χ0) is 11.6. The third kappa shape index (κ3) is 2.77. The fourth-order valence-corrected chi connectivity index (χ4v) is 1.68. The highest BCUT2D eigenvalue weighted by molar-refractivity contribution is 9.09. The maximum atomic E-state index is 12.6. The van der Waals surface area contributed by atoms with Gasteiger partial charge in [0.2, 0.25) is 0 Å². The van der Waals surface area contributed by atoms with Gasteiger partial charge in [-0.3, -0.25) is 0 Å². The van der Waals surface area contributed by atoms with E-state index in [1.165, 1.54) is 6.07 Å². The van der Waals surface area contributed by atoms with Gasteiger partial charge in [0.25, 0.3) is 0 Å². The second-order valence-electron chi connectivity index (χ2n) is 3.08. The van der Waals surface area contributed by atoms with Crippen molar-refractivity contribution >= 4 is 27.3 Å². The predicted octanol–water partition coefficient (Wildman–Crippen LogP) is 2.81. The van der Waals surface area contributed by atoms with E-state index in [-0.39, 0.29) is 23.4 Å². The molecule has 2 nitrogen and oxygen atoms in total. The summed E-state index contributed by atoms with van der Waals surface area (Å²) in [5.41, 5.74) is 10.4. The van der Waals surface area contributed by atoms with Gasteiger partial charge >= 0.3 is 6.18 Å². The molecule has 15 heavy (non-hydrogen) atoms. The van der Waals surface area contributed by atoms with Crippen molar-refractivity contribution in [2.45, 2.75) is 12.6 Å². The van der Waals surface area contributed by atoms with Crippen LogP contribution in [0.25, 0.3) is 0 Å². The molecule has 0 aliphatic rings. The maximum absolute atomic E-state index is 12.6. The van der Waals surface area contributed by atoms with Gasteiger partial charge in [-0.1, -0.05) is 15.9 Å². The van der Waals surface area contributed by atoms with Crippen molar-refractivity contribution in [3.05, 3.63) is 23.3 Å². The van der Waals surface area contributed by atoms with Crippen LogP contribution in [-0.4, -0.2) is 5.33 Å². The maximum Gasteiger partial charge on any atom is 0.416 e. The molecule has 84 valence electrons. The molecule has 0 amide bonds. The second kappa shape index (κ2) is 4.30. The molecule has 0 fully saturated rings. The predicted molar refractivity (Wildman–Crippen MR) is 57.8 cm³/mol. The highest BCUT2D eigenvalue weighted by atomic mass is 79.9. The largest absolute Gasteiger partial charge is 0.416 e. The summed E-state index contributed by atoms with van der Waals surface area (Å²) in [4.78, 5) is 0. The van der Waals surface area contributed by atoms with E-state index in [0.29, 0.717) is 5.33 Å². The molecule has 6 heteroatoms. The molecule has 0 aliphatic carbocycles. The summed E-state index contributed by atoms with van der Waals surface area (Å²) < 4.78 is 37.7. The molecule has 0 saturated carbocycles. The Morgan fingerprint density at radius 2 is 1.67 bits per heavy atom. The lowest BCUT2D eigenvalue weighted by molar-refractivity contribution is -0.138. The van der Waals surface area contributed by atoms with E-state index < -0.39 is 11.7 Å². The number of aryl methyl sites for hydroxylation is 1. The van der Waals surface area contributed by atoms with E-state index >= 15 is 0 Å². The van der Waals surface area contributed by atoms with E-state index in [1.807, 2.05) is 0 Å². The Kier molecular flexibility index (Phi) is 3.49. The lowest BCUT2D eigenvalue weighted by Crippen LogP contribution is -2.11. The van der Waals surface area contributed by atoms with Crippen LogP contribution in [0.3, 0.4) is 0 Å². The fraction of sp³-hybridized carbons (Fsp3) is 0.333. The molecular weight excluding hydrogens is 273 g/mol. The van der Waals surface area contributed by atoms with Crippen molar-refractivity contribution in [2.75, 3.05) is 16.8 Å². The number of nitrogen functional groups attached to an aromatic ring is 2. The van der Waals surface area contributed by atoms with Gasteiger partial charge in [0.15, 0.2) is 0 Å². The first-order valence-electron chi connectivity index (χ1n) is 4.17. The van der Waals surface area contributed by atoms with Gasteiger partial charge in [-0.15, -0.1) is 0 Å². The molecule has 0 bridgehead atoms. The quantitative estimate of drug-likeness (QED) is 0.647. The van der Waals surface area contributed by atoms with E-state index in [0.717, 1.165) is 6.07 Å². The Bertz CT molecular complexity index is 363. The molecule has 0 unspecified atom stereocenters. The number of hydrogen-bond acceptors (Lipinski definition) is 2. The van der Waals surface area contributed by atoms with Gasteiger partial charge < -0.3 is 11.5 Å². The minimum Gasteiger partial charge on any atom is -0.397 e. The average Bonchev–Trinajstić information content (AvgIpc) is 2.09. The van der Waals surface area contributed by atoms with Crippen LogP contribution < -0.4 is 11.5 Å². The molecule has 0 heterocycles. The summed E-state index contributed by atoms with van der Waals surface area (Å²) in [5, 5.41) is 0.444. The molecular formula is C9H10BrF3N2. The van der Waals surface area contributed by atoms with Crippen molar-refractivity contribution in [2.24, 2.45) is 0 Å². The molecule has 0 atom stereocenters. The van der Waals surface area contributed by atoms with Crippen LogP contribution >= 0.6 is 15.9 Å². The summed E-state index contributed by atoms with van der Waals surface area (Å²) in [6, 6.07) is 2.16. The lowest BCUT2D eigenvalue weighted by atomic mass is 10.0. The normalized spacial score (nSPS) is 11.7. The molecule has 1 aromatic carbocycles. The van der Waals surface area contributed by atoms with Crippen molar-refractivity contribution in [3.63, 3.8) is 0 Å². The molecule has 1 aromatic rings. The Labute approximate surface area is 93.6 Å². The number of halogens is 4. The molecule has 4 N–H and O–H groups in total. The SMILES string of the molecule is Nc1cc(CCBr)c(C(F)(F)F)cc1N. The number of alkyl halides is 4. The Balaban J connectivity index is 3.28. The second-order valence-corrected chi connectivity index (χ2v) is 3.87. The van der Waals surface area contributed by atoms with Crippen molar-refractivity contribution in [1.29, 1.82) is 0 Å². The number of rotatable bonds is 2. The zero-order valence-corrected chi connectivity index (χ0v) is 9.32. The smallest absolute Gasteiger partial charge is 0.397 e. The Hall–Kier alpha value is -0.910. The first-order valence-corrected chi connectivity index (χ1v) is 5.29. The van der Waals surface area contributed by atoms with E-state index in [2.05, 4.69) is 15.9 Å². The van der Waals surface area contributed by atoms with Crippen LogP contribution in [0.15, 0.2) is 12.1 Å². The highest BCUT2D eigenvalue weighted by Crippen LogP contribution is 2.35. The van der Waals surface area contributed by atoms with Gasteiger partial charge in [0, 0.05) is 5.33 Å². The van der Waals surface area contributed by atoms with Crippen molar-refractivity contribution in [3.8, 4) is 0 Å². The molecule has 0 aliphatic heterocycles. The van der Waals surface area contributed by atoms with Crippen LogP contribution in [0.5, 0.6) is 0 Å². The van der Waals surface area contributed by atoms with Crippen LogP contribution in [0.2, 0.25) is 0 Å². The van der Waals surface area contributed by atoms with E-state index in [1.54, 1.807) is 0 Å². The van der Waals surface area contributed by atoms with Gasteiger partial charge in [-0.05, 0) is 24.1 Å². The number of benzene rings is 1. The van der Waals surface area contributed by atoms with Gasteiger partial charge in [-0.25, -0.2) is 0 Å². The van der Waals surface area contributed by atoms with Crippen molar-refractivity contribution in [1.82, 2.24) is 0 Å². The van der Waals surface area contributed by atoms with E-state index in [9.17, 15) is 13.2 Å². The topological polar surface area (TPSA) is 52.0 Å². The van der Waals surface area contributed by atoms with Crippen molar-refractivity contribution < 1.29 is 13.2 Å². The number of nitrogens with two attached hydrogens (primary N) is 2. The summed E-state index contributed by atoms with van der Waals surface area (Å²) >= 11 is 3.09. The van der Waals surface area contributed by atoms with Gasteiger partial charge in [-0.2, -0.15) is 13.2 Å². The molecule has 0 spiro atoms. The molecule has 0 radical (unpaired) electrons. The molecule has 0 aromatic heterocycles. The van der Waals surface area contributed by atoms with Crippen LogP contribution in [-0.2, 0) is 12.6 Å². The summed E-state index contributed by atoms with van der Waals surface area (Å²) in [6.45, 7) is 0. The van der Waals surface area contributed by atoms with Crippen LogP contribution in [0.4, 0.5) is 24.5 Å². The summed E-state index contributed by atoms with van der Waals surface area (Å²) in [7, 11) is 0. The van der Waals surface area contributed by atoms with Crippen LogP contribution in [0.1, 0.15) is 11.1 Å². The summed E-state index contributed by atoms with van der Waals surface area (Å²) in [5.74, 6) is 0. The van der Waals surface area contributed by atoms with E-state index in [4.69, 9.17) is 11.5 Å². The third-order valence-corrected chi connectivity index (χ3v) is 2.37. The average molecular weight is 283 g/mol. The number of anilines is 2. The summed E-state index contributed by atoms with van der Waals surface area (Å²) in [6.07, 6.45) is -4.13. The molecule has 1 rings (SSSR count). The highest BCUT2D eigenvalue weighted by Gasteiger charge is 2.33. The monoisotopic (exact) mass is 282 g/mol. The Morgan fingerprint density at radius 1 is 1.13 bits per heavy atom.